The molecule has 0 aliphatic rings. The summed E-state index contributed by atoms with van der Waals surface area (Å²) in [6.07, 6.45) is 52.7. The van der Waals surface area contributed by atoms with Gasteiger partial charge in [0.05, 0.1) is 17.9 Å². The van der Waals surface area contributed by atoms with Crippen LogP contribution in [0.3, 0.4) is 0 Å². The van der Waals surface area contributed by atoms with Gasteiger partial charge in [0, 0.05) is 6.42 Å². The molecule has 2 unspecified atom stereocenters. The maximum atomic E-state index is 12.5. The molecule has 0 aliphatic carbocycles. The fourth-order valence-electron chi connectivity index (χ4n) is 5.87. The Morgan fingerprint density at radius 3 is 1.39 bits per heavy atom. The number of hydrogen-bond acceptors (Lipinski definition) is 4. The zero-order valence-corrected chi connectivity index (χ0v) is 33.5. The molecule has 1 amide bonds. The minimum absolute atomic E-state index is 0.273. The van der Waals surface area contributed by atoms with Gasteiger partial charge in [-0.05, 0) is 64.2 Å². The Morgan fingerprint density at radius 2 is 0.941 bits per heavy atom. The van der Waals surface area contributed by atoms with Crippen molar-refractivity contribution in [3.63, 3.8) is 0 Å². The van der Waals surface area contributed by atoms with E-state index in [1.54, 1.807) is 0 Å². The zero-order chi connectivity index (χ0) is 37.5. The Labute approximate surface area is 314 Å². The molecule has 51 heavy (non-hydrogen) atoms. The lowest BCUT2D eigenvalue weighted by molar-refractivity contribution is -0.122. The molecule has 0 spiro atoms. The molecule has 294 valence electrons. The van der Waals surface area contributed by atoms with Gasteiger partial charge in [0.25, 0.3) is 10.1 Å². The second kappa shape index (κ2) is 37.5. The monoisotopic (exact) mass is 732 g/mol. The SMILES string of the molecule is CC/C=C\C/C=C\C/C=C\C/C=C\C/C=C\C/C=C\CCCCCCC(=O)NC(CS(=O)(=O)O)C(O)CCCCCCCCCCCCCCC. The van der Waals surface area contributed by atoms with E-state index in [2.05, 4.69) is 92.1 Å². The first kappa shape index (κ1) is 48.8. The Balaban J connectivity index is 3.95. The highest BCUT2D eigenvalue weighted by atomic mass is 32.2. The smallest absolute Gasteiger partial charge is 0.266 e. The van der Waals surface area contributed by atoms with Crippen molar-refractivity contribution >= 4 is 16.0 Å². The van der Waals surface area contributed by atoms with Crippen molar-refractivity contribution < 1.29 is 22.9 Å². The molecule has 0 aromatic rings. The van der Waals surface area contributed by atoms with Crippen LogP contribution in [0.2, 0.25) is 0 Å². The van der Waals surface area contributed by atoms with E-state index in [0.717, 1.165) is 83.5 Å². The van der Waals surface area contributed by atoms with Crippen molar-refractivity contribution in [2.75, 3.05) is 5.75 Å². The lowest BCUT2D eigenvalue weighted by Gasteiger charge is -2.23. The topological polar surface area (TPSA) is 104 Å². The number of amides is 1. The molecule has 0 saturated heterocycles. The van der Waals surface area contributed by atoms with Crippen LogP contribution in [0.4, 0.5) is 0 Å². The second-order valence-corrected chi connectivity index (χ2v) is 15.4. The number of aliphatic hydroxyl groups excluding tert-OH is 1. The van der Waals surface area contributed by atoms with Crippen molar-refractivity contribution in [2.45, 2.75) is 193 Å². The molecule has 0 heterocycles. The zero-order valence-electron chi connectivity index (χ0n) is 32.7. The van der Waals surface area contributed by atoms with Gasteiger partial charge in [0.15, 0.2) is 0 Å². The largest absolute Gasteiger partial charge is 0.391 e. The summed E-state index contributed by atoms with van der Waals surface area (Å²) < 4.78 is 32.5. The Bertz CT molecular complexity index is 1070. The third-order valence-corrected chi connectivity index (χ3v) is 9.71. The molecule has 0 bridgehead atoms. The van der Waals surface area contributed by atoms with Gasteiger partial charge >= 0.3 is 0 Å². The molecule has 0 aliphatic heterocycles. The maximum Gasteiger partial charge on any atom is 0.266 e. The van der Waals surface area contributed by atoms with Gasteiger partial charge in [0.1, 0.15) is 0 Å². The van der Waals surface area contributed by atoms with Gasteiger partial charge in [-0.2, -0.15) is 8.42 Å². The minimum Gasteiger partial charge on any atom is -0.391 e. The number of carbonyl (C=O) groups is 1. The number of nitrogens with one attached hydrogen (secondary N) is 1. The van der Waals surface area contributed by atoms with E-state index in [-0.39, 0.29) is 12.3 Å². The summed E-state index contributed by atoms with van der Waals surface area (Å²) in [6, 6.07) is -0.988. The van der Waals surface area contributed by atoms with Gasteiger partial charge in [0.2, 0.25) is 5.91 Å². The summed E-state index contributed by atoms with van der Waals surface area (Å²) in [4.78, 5) is 12.5. The number of rotatable bonds is 36. The van der Waals surface area contributed by atoms with Crippen LogP contribution in [0.15, 0.2) is 72.9 Å². The molecular formula is C44H77NO5S. The molecule has 0 fully saturated rings. The standard InChI is InChI=1S/C44H77NO5S/c1-3-5-7-9-11-13-15-17-18-19-20-21-22-23-24-25-26-28-30-32-34-36-38-40-44(47)45-42(41-51(48,49)50)43(46)39-37-35-33-31-29-27-16-14-12-10-8-6-4-2/h5,7,11,13,17-18,20-21,23-24,26,28,42-43,46H,3-4,6,8-10,12,14-16,19,22,25,27,29-41H2,1-2H3,(H,45,47)(H,48,49,50)/b7-5-,13-11-,18-17-,21-20-,24-23-,28-26-. The molecule has 0 aromatic heterocycles. The van der Waals surface area contributed by atoms with Crippen molar-refractivity contribution in [3.8, 4) is 0 Å². The fourth-order valence-corrected chi connectivity index (χ4v) is 6.63. The lowest BCUT2D eigenvalue weighted by atomic mass is 10.0. The van der Waals surface area contributed by atoms with Gasteiger partial charge in [-0.3, -0.25) is 9.35 Å². The Morgan fingerprint density at radius 1 is 0.549 bits per heavy atom. The van der Waals surface area contributed by atoms with E-state index in [9.17, 15) is 22.9 Å². The van der Waals surface area contributed by atoms with Crippen molar-refractivity contribution in [3.05, 3.63) is 72.9 Å². The van der Waals surface area contributed by atoms with Crippen molar-refractivity contribution in [1.82, 2.24) is 5.32 Å². The van der Waals surface area contributed by atoms with Crippen LogP contribution >= 0.6 is 0 Å². The van der Waals surface area contributed by atoms with Crippen LogP contribution in [0.25, 0.3) is 0 Å². The molecule has 0 aromatic carbocycles. The first-order valence-electron chi connectivity index (χ1n) is 20.6. The third-order valence-electron chi connectivity index (χ3n) is 8.93. The third kappa shape index (κ3) is 38.8. The molecule has 0 radical (unpaired) electrons. The van der Waals surface area contributed by atoms with E-state index in [1.165, 1.54) is 64.2 Å². The molecular weight excluding hydrogens is 655 g/mol. The molecule has 2 atom stereocenters. The summed E-state index contributed by atoms with van der Waals surface area (Å²) in [5, 5.41) is 13.3. The van der Waals surface area contributed by atoms with Gasteiger partial charge in [-0.25, -0.2) is 0 Å². The summed E-state index contributed by atoms with van der Waals surface area (Å²) in [7, 11) is -4.32. The van der Waals surface area contributed by atoms with Crippen LogP contribution in [0, 0.1) is 0 Å². The number of unbranched alkanes of at least 4 members (excludes halogenated alkanes) is 16. The van der Waals surface area contributed by atoms with Crippen LogP contribution in [-0.2, 0) is 14.9 Å². The van der Waals surface area contributed by atoms with Crippen LogP contribution in [0.5, 0.6) is 0 Å². The average molecular weight is 732 g/mol. The predicted molar refractivity (Wildman–Crippen MR) is 221 cm³/mol. The van der Waals surface area contributed by atoms with Gasteiger partial charge in [-0.15, -0.1) is 0 Å². The lowest BCUT2D eigenvalue weighted by Crippen LogP contribution is -2.47. The van der Waals surface area contributed by atoms with Crippen molar-refractivity contribution in [1.29, 1.82) is 0 Å². The average Bonchev–Trinajstić information content (AvgIpc) is 3.09. The molecule has 0 rings (SSSR count). The van der Waals surface area contributed by atoms with Crippen LogP contribution < -0.4 is 5.32 Å². The number of aliphatic hydroxyl groups is 1. The highest BCUT2D eigenvalue weighted by Gasteiger charge is 2.26. The highest BCUT2D eigenvalue weighted by molar-refractivity contribution is 7.85. The minimum atomic E-state index is -4.32. The van der Waals surface area contributed by atoms with Crippen LogP contribution in [-0.4, -0.2) is 41.9 Å². The quantitative estimate of drug-likeness (QED) is 0.0338. The molecule has 0 saturated carbocycles. The van der Waals surface area contributed by atoms with E-state index in [1.807, 2.05) is 0 Å². The van der Waals surface area contributed by atoms with E-state index in [4.69, 9.17) is 0 Å². The van der Waals surface area contributed by atoms with Crippen molar-refractivity contribution in [2.24, 2.45) is 0 Å². The Hall–Kier alpha value is -2.22. The Kier molecular flexibility index (Phi) is 35.9. The number of allylic oxidation sites excluding steroid dienone is 12. The molecule has 7 heteroatoms. The summed E-state index contributed by atoms with van der Waals surface area (Å²) in [5.74, 6) is -0.936. The number of carbonyl (C=O) groups excluding carboxylic acids is 1. The molecule has 6 nitrogen and oxygen atoms in total. The van der Waals surface area contributed by atoms with E-state index < -0.39 is 28.0 Å². The predicted octanol–water partition coefficient (Wildman–Crippen LogP) is 12.2. The van der Waals surface area contributed by atoms with Crippen LogP contribution in [0.1, 0.15) is 181 Å². The summed E-state index contributed by atoms with van der Waals surface area (Å²) in [5.41, 5.74) is 0. The van der Waals surface area contributed by atoms with Gasteiger partial charge < -0.3 is 10.4 Å². The summed E-state index contributed by atoms with van der Waals surface area (Å²) in [6.45, 7) is 4.40. The normalized spacial score (nSPS) is 14.0. The highest BCUT2D eigenvalue weighted by Crippen LogP contribution is 2.15. The van der Waals surface area contributed by atoms with Gasteiger partial charge in [-0.1, -0.05) is 183 Å². The van der Waals surface area contributed by atoms with E-state index in [0.29, 0.717) is 12.8 Å². The first-order chi connectivity index (χ1) is 24.8. The van der Waals surface area contributed by atoms with E-state index >= 15 is 0 Å². The molecule has 3 N–H and O–H groups in total. The second-order valence-electron chi connectivity index (χ2n) is 13.9. The first-order valence-corrected chi connectivity index (χ1v) is 22.2. The fraction of sp³-hybridized carbons (Fsp3) is 0.705. The maximum absolute atomic E-state index is 12.5. The number of hydrogen-bond donors (Lipinski definition) is 3. The summed E-state index contributed by atoms with van der Waals surface area (Å²) >= 11 is 0.